The first-order chi connectivity index (χ1) is 8.97. The van der Waals surface area contributed by atoms with E-state index >= 15 is 0 Å². The number of nitrogens with zero attached hydrogens (tertiary/aromatic N) is 1. The molecule has 1 fully saturated rings. The highest BCUT2D eigenvalue weighted by Gasteiger charge is 2.33. The second-order valence-corrected chi connectivity index (χ2v) is 6.93. The predicted molar refractivity (Wildman–Crippen MR) is 75.6 cm³/mol. The molecule has 0 unspecified atom stereocenters. The van der Waals surface area contributed by atoms with Crippen molar-refractivity contribution in [2.75, 3.05) is 12.4 Å². The molecule has 0 bridgehead atoms. The third-order valence-corrected chi connectivity index (χ3v) is 5.23. The molecular formula is C13H21N3O2S. The van der Waals surface area contributed by atoms with Crippen molar-refractivity contribution in [2.45, 2.75) is 49.6 Å². The van der Waals surface area contributed by atoms with E-state index in [-0.39, 0.29) is 10.6 Å². The number of nitrogens with one attached hydrogen (secondary N) is 2. The Balaban J connectivity index is 2.27. The van der Waals surface area contributed by atoms with E-state index in [4.69, 9.17) is 0 Å². The molecule has 2 N–H and O–H groups in total. The molecule has 1 heterocycles. The number of hydrogen-bond acceptors (Lipinski definition) is 4. The van der Waals surface area contributed by atoms with Crippen LogP contribution in [0.5, 0.6) is 0 Å². The topological polar surface area (TPSA) is 71.1 Å². The fraction of sp³-hybridized carbons (Fsp3) is 0.615. The number of pyridine rings is 1. The Bertz CT molecular complexity index is 537. The standard InChI is InChI=1S/C13H21N3O2S/c1-13(8-4-3-5-9-13)16-19(17,18)12-11(14-2)7-6-10-15-12/h6-7,10,14,16H,3-5,8-9H2,1-2H3. The lowest BCUT2D eigenvalue weighted by Gasteiger charge is -2.34. The summed E-state index contributed by atoms with van der Waals surface area (Å²) < 4.78 is 27.8. The molecule has 1 saturated carbocycles. The van der Waals surface area contributed by atoms with Crippen LogP contribution in [0.15, 0.2) is 23.4 Å². The Kier molecular flexibility index (Phi) is 4.10. The zero-order valence-corrected chi connectivity index (χ0v) is 12.3. The lowest BCUT2D eigenvalue weighted by atomic mass is 9.84. The van der Waals surface area contributed by atoms with Crippen LogP contribution in [-0.2, 0) is 10.0 Å². The smallest absolute Gasteiger partial charge is 0.260 e. The van der Waals surface area contributed by atoms with Crippen LogP contribution in [0.4, 0.5) is 5.69 Å². The molecule has 0 amide bonds. The Labute approximate surface area is 114 Å². The molecular weight excluding hydrogens is 262 g/mol. The van der Waals surface area contributed by atoms with Gasteiger partial charge in [-0.15, -0.1) is 0 Å². The Morgan fingerprint density at radius 2 is 1.95 bits per heavy atom. The van der Waals surface area contributed by atoms with Crippen LogP contribution in [0.3, 0.4) is 0 Å². The first-order valence-electron chi connectivity index (χ1n) is 6.64. The molecule has 106 valence electrons. The molecule has 0 radical (unpaired) electrons. The van der Waals surface area contributed by atoms with Gasteiger partial charge in [0.15, 0.2) is 5.03 Å². The first-order valence-corrected chi connectivity index (χ1v) is 8.12. The molecule has 0 aliphatic heterocycles. The maximum atomic E-state index is 12.5. The Morgan fingerprint density at radius 1 is 1.26 bits per heavy atom. The number of hydrogen-bond donors (Lipinski definition) is 2. The molecule has 1 aromatic rings. The third kappa shape index (κ3) is 3.25. The van der Waals surface area contributed by atoms with Gasteiger partial charge < -0.3 is 5.32 Å². The largest absolute Gasteiger partial charge is 0.386 e. The summed E-state index contributed by atoms with van der Waals surface area (Å²) in [6.07, 6.45) is 6.59. The van der Waals surface area contributed by atoms with Gasteiger partial charge in [0.05, 0.1) is 5.69 Å². The van der Waals surface area contributed by atoms with E-state index in [1.807, 2.05) is 6.92 Å². The summed E-state index contributed by atoms with van der Waals surface area (Å²) in [7, 11) is -1.89. The van der Waals surface area contributed by atoms with Gasteiger partial charge in [0.25, 0.3) is 10.0 Å². The summed E-state index contributed by atoms with van der Waals surface area (Å²) in [5, 5.41) is 2.94. The SMILES string of the molecule is CNc1cccnc1S(=O)(=O)NC1(C)CCCCC1. The normalized spacial score (nSPS) is 19.1. The van der Waals surface area contributed by atoms with E-state index in [1.165, 1.54) is 12.6 Å². The molecule has 0 saturated heterocycles. The average molecular weight is 283 g/mol. The monoisotopic (exact) mass is 283 g/mol. The first kappa shape index (κ1) is 14.3. The number of rotatable bonds is 4. The molecule has 2 rings (SSSR count). The third-order valence-electron chi connectivity index (χ3n) is 3.63. The van der Waals surface area contributed by atoms with Gasteiger partial charge in [-0.2, -0.15) is 0 Å². The van der Waals surface area contributed by atoms with Gasteiger partial charge in [-0.3, -0.25) is 0 Å². The summed E-state index contributed by atoms with van der Waals surface area (Å²) in [6.45, 7) is 1.98. The molecule has 0 spiro atoms. The van der Waals surface area contributed by atoms with Crippen LogP contribution in [0, 0.1) is 0 Å². The van der Waals surface area contributed by atoms with Crippen molar-refractivity contribution >= 4 is 15.7 Å². The fourth-order valence-corrected chi connectivity index (χ4v) is 4.21. The van der Waals surface area contributed by atoms with E-state index in [1.54, 1.807) is 19.2 Å². The van der Waals surface area contributed by atoms with Crippen molar-refractivity contribution in [1.29, 1.82) is 0 Å². The van der Waals surface area contributed by atoms with E-state index in [2.05, 4.69) is 15.0 Å². The van der Waals surface area contributed by atoms with Crippen LogP contribution >= 0.6 is 0 Å². The highest BCUT2D eigenvalue weighted by molar-refractivity contribution is 7.89. The van der Waals surface area contributed by atoms with Crippen LogP contribution in [0.2, 0.25) is 0 Å². The van der Waals surface area contributed by atoms with E-state index in [0.717, 1.165) is 25.7 Å². The zero-order chi connectivity index (χ0) is 13.9. The van der Waals surface area contributed by atoms with E-state index in [9.17, 15) is 8.42 Å². The molecule has 5 nitrogen and oxygen atoms in total. The second-order valence-electron chi connectivity index (χ2n) is 5.33. The van der Waals surface area contributed by atoms with Gasteiger partial charge in [-0.1, -0.05) is 19.3 Å². The van der Waals surface area contributed by atoms with Gasteiger partial charge in [-0.05, 0) is 31.9 Å². The molecule has 0 atom stereocenters. The summed E-state index contributed by atoms with van der Waals surface area (Å²) in [6, 6.07) is 3.43. The Hall–Kier alpha value is -1.14. The Morgan fingerprint density at radius 3 is 2.58 bits per heavy atom. The average Bonchev–Trinajstić information content (AvgIpc) is 2.38. The van der Waals surface area contributed by atoms with Gasteiger partial charge in [0.1, 0.15) is 0 Å². The van der Waals surface area contributed by atoms with Crippen molar-refractivity contribution in [2.24, 2.45) is 0 Å². The summed E-state index contributed by atoms with van der Waals surface area (Å²) in [5.41, 5.74) is 0.175. The molecule has 1 aliphatic carbocycles. The minimum Gasteiger partial charge on any atom is -0.386 e. The number of aromatic nitrogens is 1. The van der Waals surface area contributed by atoms with Crippen molar-refractivity contribution in [3.63, 3.8) is 0 Å². The quantitative estimate of drug-likeness (QED) is 0.888. The highest BCUT2D eigenvalue weighted by Crippen LogP contribution is 2.30. The van der Waals surface area contributed by atoms with Crippen LogP contribution in [0.25, 0.3) is 0 Å². The fourth-order valence-electron chi connectivity index (χ4n) is 2.60. The minimum atomic E-state index is -3.58. The number of sulfonamides is 1. The highest BCUT2D eigenvalue weighted by atomic mass is 32.2. The van der Waals surface area contributed by atoms with E-state index in [0.29, 0.717) is 5.69 Å². The molecule has 19 heavy (non-hydrogen) atoms. The summed E-state index contributed by atoms with van der Waals surface area (Å²) in [5.74, 6) is 0. The molecule has 1 aromatic heterocycles. The van der Waals surface area contributed by atoms with Gasteiger partial charge in [-0.25, -0.2) is 18.1 Å². The van der Waals surface area contributed by atoms with Gasteiger partial charge >= 0.3 is 0 Å². The summed E-state index contributed by atoms with van der Waals surface area (Å²) >= 11 is 0. The zero-order valence-electron chi connectivity index (χ0n) is 11.4. The lowest BCUT2D eigenvalue weighted by molar-refractivity contribution is 0.293. The maximum Gasteiger partial charge on any atom is 0.260 e. The van der Waals surface area contributed by atoms with Gasteiger partial charge in [0.2, 0.25) is 0 Å². The molecule has 0 aromatic carbocycles. The number of anilines is 1. The maximum absolute atomic E-state index is 12.5. The predicted octanol–water partition coefficient (Wildman–Crippen LogP) is 2.12. The molecule has 6 heteroatoms. The van der Waals surface area contributed by atoms with Crippen molar-refractivity contribution in [3.05, 3.63) is 18.3 Å². The minimum absolute atomic E-state index is 0.0734. The van der Waals surface area contributed by atoms with Crippen molar-refractivity contribution in [3.8, 4) is 0 Å². The summed E-state index contributed by atoms with van der Waals surface area (Å²) in [4.78, 5) is 4.00. The van der Waals surface area contributed by atoms with Crippen LogP contribution in [0.1, 0.15) is 39.0 Å². The second kappa shape index (κ2) is 5.46. The van der Waals surface area contributed by atoms with Crippen molar-refractivity contribution in [1.82, 2.24) is 9.71 Å². The van der Waals surface area contributed by atoms with Crippen molar-refractivity contribution < 1.29 is 8.42 Å². The lowest BCUT2D eigenvalue weighted by Crippen LogP contribution is -2.47. The molecule has 1 aliphatic rings. The van der Waals surface area contributed by atoms with Crippen LogP contribution < -0.4 is 10.0 Å². The van der Waals surface area contributed by atoms with Gasteiger partial charge in [0, 0.05) is 18.8 Å². The van der Waals surface area contributed by atoms with E-state index < -0.39 is 10.0 Å². The van der Waals surface area contributed by atoms with Crippen LogP contribution in [-0.4, -0.2) is 26.0 Å².